The van der Waals surface area contributed by atoms with Gasteiger partial charge in [0.1, 0.15) is 5.69 Å². The zero-order chi connectivity index (χ0) is 28.7. The minimum absolute atomic E-state index is 0.0846. The van der Waals surface area contributed by atoms with E-state index >= 15 is 0 Å². The van der Waals surface area contributed by atoms with Gasteiger partial charge in [0.2, 0.25) is 16.0 Å². The maximum Gasteiger partial charge on any atom is 0.235 e. The van der Waals surface area contributed by atoms with E-state index in [9.17, 15) is 8.42 Å². The Morgan fingerprint density at radius 3 is 2.69 bits per heavy atom. The Hall–Kier alpha value is -3.29. The van der Waals surface area contributed by atoms with Crippen molar-refractivity contribution < 1.29 is 17.9 Å². The van der Waals surface area contributed by atoms with Gasteiger partial charge in [-0.05, 0) is 68.2 Å². The second-order valence-electron chi connectivity index (χ2n) is 12.3. The fourth-order valence-electron chi connectivity index (χ4n) is 6.04. The van der Waals surface area contributed by atoms with Gasteiger partial charge in [-0.15, -0.1) is 5.10 Å². The molecule has 0 radical (unpaired) electrons. The molecule has 1 saturated carbocycles. The third-order valence-corrected chi connectivity index (χ3v) is 10.7. The molecule has 224 valence electrons. The van der Waals surface area contributed by atoms with E-state index in [-0.39, 0.29) is 16.8 Å². The Labute approximate surface area is 246 Å². The summed E-state index contributed by atoms with van der Waals surface area (Å²) >= 11 is 0. The molecule has 0 spiro atoms. The third kappa shape index (κ3) is 5.82. The van der Waals surface area contributed by atoms with Crippen LogP contribution in [0.15, 0.2) is 36.7 Å². The lowest BCUT2D eigenvalue weighted by Crippen LogP contribution is -2.43. The average molecular weight is 595 g/mol. The first-order valence-corrected chi connectivity index (χ1v) is 16.5. The number of fused-ring (bicyclic) bond motifs is 6. The Bertz CT molecular complexity index is 1530. The summed E-state index contributed by atoms with van der Waals surface area (Å²) in [5, 5.41) is 8.66. The van der Waals surface area contributed by atoms with Crippen molar-refractivity contribution in [1.29, 1.82) is 0 Å². The normalized spacial score (nSPS) is 25.1. The first-order valence-electron chi connectivity index (χ1n) is 15.0. The van der Waals surface area contributed by atoms with Gasteiger partial charge in [0.05, 0.1) is 53.5 Å². The van der Waals surface area contributed by atoms with Crippen LogP contribution in [0, 0.1) is 5.41 Å². The van der Waals surface area contributed by atoms with E-state index in [0.717, 1.165) is 69.8 Å². The molecule has 2 aromatic heterocycles. The van der Waals surface area contributed by atoms with Gasteiger partial charge in [0.15, 0.2) is 0 Å². The van der Waals surface area contributed by atoms with Crippen LogP contribution in [-0.4, -0.2) is 90.7 Å². The molecule has 4 aliphatic heterocycles. The number of rotatable bonds is 3. The number of nitrogens with one attached hydrogen (secondary N) is 1. The minimum atomic E-state index is -3.38. The van der Waals surface area contributed by atoms with Crippen LogP contribution >= 0.6 is 0 Å². The lowest BCUT2D eigenvalue weighted by Gasteiger charge is -2.41. The van der Waals surface area contributed by atoms with Crippen LogP contribution in [0.4, 0.5) is 17.3 Å². The number of sulfonamides is 1. The molecule has 8 bridgehead atoms. The topological polar surface area (TPSA) is 128 Å². The minimum Gasteiger partial charge on any atom is -0.381 e. The van der Waals surface area contributed by atoms with Gasteiger partial charge in [-0.3, -0.25) is 4.72 Å². The highest BCUT2D eigenvalue weighted by Crippen LogP contribution is 2.38. The molecular formula is C29H38N8O4S. The van der Waals surface area contributed by atoms with Crippen LogP contribution in [-0.2, 0) is 19.5 Å². The van der Waals surface area contributed by atoms with E-state index in [1.165, 1.54) is 0 Å². The molecule has 5 aliphatic rings. The van der Waals surface area contributed by atoms with Crippen molar-refractivity contribution in [2.24, 2.45) is 5.41 Å². The molecule has 1 N–H and O–H groups in total. The van der Waals surface area contributed by atoms with Gasteiger partial charge in [0.25, 0.3) is 0 Å². The molecule has 6 heterocycles. The van der Waals surface area contributed by atoms with Crippen LogP contribution in [0.1, 0.15) is 45.4 Å². The van der Waals surface area contributed by atoms with Crippen molar-refractivity contribution >= 4 is 27.3 Å². The largest absolute Gasteiger partial charge is 0.381 e. The summed E-state index contributed by atoms with van der Waals surface area (Å²) in [5.74, 6) is 0.658. The van der Waals surface area contributed by atoms with E-state index in [2.05, 4.69) is 36.7 Å². The molecule has 8 rings (SSSR count). The van der Waals surface area contributed by atoms with E-state index in [1.807, 2.05) is 24.4 Å². The fourth-order valence-corrected chi connectivity index (χ4v) is 7.42. The third-order valence-electron chi connectivity index (χ3n) is 8.84. The predicted molar refractivity (Wildman–Crippen MR) is 160 cm³/mol. The van der Waals surface area contributed by atoms with Crippen LogP contribution in [0.3, 0.4) is 0 Å². The number of hydrogen-bond donors (Lipinski definition) is 1. The van der Waals surface area contributed by atoms with Gasteiger partial charge < -0.3 is 19.3 Å². The van der Waals surface area contributed by atoms with Crippen LogP contribution in [0.2, 0.25) is 0 Å². The number of nitrogens with zero attached hydrogens (tertiary/aromatic N) is 7. The van der Waals surface area contributed by atoms with Gasteiger partial charge in [0, 0.05) is 39.0 Å². The van der Waals surface area contributed by atoms with Gasteiger partial charge in [-0.25, -0.2) is 23.1 Å². The highest BCUT2D eigenvalue weighted by atomic mass is 32.2. The van der Waals surface area contributed by atoms with Crippen LogP contribution < -0.4 is 14.5 Å². The number of piperidine rings is 1. The van der Waals surface area contributed by atoms with E-state index in [4.69, 9.17) is 14.5 Å². The lowest BCUT2D eigenvalue weighted by atomic mass is 9.81. The second-order valence-corrected chi connectivity index (χ2v) is 14.2. The van der Waals surface area contributed by atoms with Crippen LogP contribution in [0.5, 0.6) is 0 Å². The summed E-state index contributed by atoms with van der Waals surface area (Å²) in [6.07, 6.45) is 9.00. The quantitative estimate of drug-likeness (QED) is 0.483. The van der Waals surface area contributed by atoms with Crippen molar-refractivity contribution in [2.75, 3.05) is 60.5 Å². The van der Waals surface area contributed by atoms with Gasteiger partial charge in [-0.1, -0.05) is 12.1 Å². The Balaban J connectivity index is 1.25. The summed E-state index contributed by atoms with van der Waals surface area (Å²) in [6, 6.07) is 7.50. The van der Waals surface area contributed by atoms with Crippen molar-refractivity contribution in [3.05, 3.63) is 36.7 Å². The maximum absolute atomic E-state index is 12.7. The number of benzene rings is 1. The zero-order valence-corrected chi connectivity index (χ0v) is 24.8. The molecule has 3 aromatic rings. The smallest absolute Gasteiger partial charge is 0.235 e. The van der Waals surface area contributed by atoms with E-state index in [0.29, 0.717) is 49.1 Å². The monoisotopic (exact) mass is 594 g/mol. The average Bonchev–Trinajstić information content (AvgIpc) is 3.76. The van der Waals surface area contributed by atoms with Gasteiger partial charge in [-0.2, -0.15) is 0 Å². The zero-order valence-electron chi connectivity index (χ0n) is 24.0. The van der Waals surface area contributed by atoms with E-state index < -0.39 is 10.0 Å². The number of aromatic nitrogens is 5. The highest BCUT2D eigenvalue weighted by Gasteiger charge is 2.36. The molecule has 42 heavy (non-hydrogen) atoms. The fraction of sp³-hybridized carbons (Fsp3) is 0.586. The van der Waals surface area contributed by atoms with Crippen LogP contribution in [0.25, 0.3) is 17.1 Å². The van der Waals surface area contributed by atoms with Crippen molar-refractivity contribution in [3.8, 4) is 17.1 Å². The Kier molecular flexibility index (Phi) is 7.27. The first kappa shape index (κ1) is 27.5. The predicted octanol–water partition coefficient (Wildman–Crippen LogP) is 3.25. The van der Waals surface area contributed by atoms with Crippen molar-refractivity contribution in [2.45, 2.75) is 56.8 Å². The SMILES string of the molecule is CC12CCN(CC1)c1cc(NS(=O)(=O)C3CC3)ccc1-n1cc(nn1)-c1ccnc(n1)N1CCOC(CCCOC2)C1. The first-order chi connectivity index (χ1) is 20.4. The number of anilines is 3. The standard InChI is InChI=1S/C29H38N8O4S/c1-29-9-12-35(13-10-29)27-17-21(33-42(38,39)23-5-6-23)4-7-26(27)37-19-25(32-34-37)24-8-11-30-28(31-24)36-14-16-41-22(18-36)3-2-15-40-20-29/h4,7-8,11,17,19,22-23,33H,2-3,5-6,9-10,12-16,18,20H2,1H3. The molecular weight excluding hydrogens is 556 g/mol. The maximum atomic E-state index is 12.7. The lowest BCUT2D eigenvalue weighted by molar-refractivity contribution is 0.0120. The highest BCUT2D eigenvalue weighted by molar-refractivity contribution is 7.93. The molecule has 13 heteroatoms. The molecule has 12 nitrogen and oxygen atoms in total. The molecule has 1 unspecified atom stereocenters. The number of ether oxygens (including phenoxy) is 2. The molecule has 1 aliphatic carbocycles. The molecule has 3 fully saturated rings. The second kappa shape index (κ2) is 11.1. The summed E-state index contributed by atoms with van der Waals surface area (Å²) in [5.41, 5.74) is 3.75. The van der Waals surface area contributed by atoms with E-state index in [1.54, 1.807) is 16.9 Å². The Morgan fingerprint density at radius 1 is 1.00 bits per heavy atom. The summed E-state index contributed by atoms with van der Waals surface area (Å²) in [6.45, 7) is 7.50. The Morgan fingerprint density at radius 2 is 1.86 bits per heavy atom. The number of morpholine rings is 1. The van der Waals surface area contributed by atoms with Gasteiger partial charge >= 0.3 is 0 Å². The molecule has 1 atom stereocenters. The molecule has 0 amide bonds. The summed E-state index contributed by atoms with van der Waals surface area (Å²) in [7, 11) is -3.38. The summed E-state index contributed by atoms with van der Waals surface area (Å²) in [4.78, 5) is 13.9. The molecule has 2 saturated heterocycles. The summed E-state index contributed by atoms with van der Waals surface area (Å²) < 4.78 is 42.3. The molecule has 1 aromatic carbocycles. The number of hydrogen-bond acceptors (Lipinski definition) is 10. The van der Waals surface area contributed by atoms with Crippen molar-refractivity contribution in [3.63, 3.8) is 0 Å². The van der Waals surface area contributed by atoms with Crippen molar-refractivity contribution in [1.82, 2.24) is 25.0 Å².